The minimum atomic E-state index is -0.230. The summed E-state index contributed by atoms with van der Waals surface area (Å²) in [6.45, 7) is 19.1. The van der Waals surface area contributed by atoms with E-state index in [0.717, 1.165) is 18.3 Å². The summed E-state index contributed by atoms with van der Waals surface area (Å²) in [7, 11) is 0. The summed E-state index contributed by atoms with van der Waals surface area (Å²) < 4.78 is 11.6. The third kappa shape index (κ3) is 3.03. The fourth-order valence-corrected chi connectivity index (χ4v) is 7.76. The van der Waals surface area contributed by atoms with Crippen LogP contribution in [0.3, 0.4) is 0 Å². The number of hydrogen-bond donors (Lipinski definition) is 0. The number of carbonyl (C=O) groups excluding carboxylic acids is 2. The highest BCUT2D eigenvalue weighted by Crippen LogP contribution is 2.82. The monoisotopic (exact) mass is 445 g/mol. The van der Waals surface area contributed by atoms with Crippen molar-refractivity contribution >= 4 is 11.9 Å². The molecule has 0 heterocycles. The Bertz CT molecular complexity index is 791. The van der Waals surface area contributed by atoms with E-state index in [4.69, 9.17) is 9.47 Å². The normalized spacial score (nSPS) is 46.4. The Kier molecular flexibility index (Phi) is 5.35. The molecule has 0 aromatic heterocycles. The van der Waals surface area contributed by atoms with E-state index < -0.39 is 0 Å². The molecule has 5 unspecified atom stereocenters. The van der Waals surface area contributed by atoms with Crippen molar-refractivity contribution < 1.29 is 19.1 Å². The summed E-state index contributed by atoms with van der Waals surface area (Å²) in [5.74, 6) is 1.36. The second kappa shape index (κ2) is 7.15. The molecule has 0 aromatic rings. The van der Waals surface area contributed by atoms with Gasteiger partial charge in [-0.1, -0.05) is 55.4 Å². The van der Waals surface area contributed by atoms with Crippen LogP contribution in [0.1, 0.15) is 101 Å². The Hall–Kier alpha value is -1.19. The molecule has 7 atom stereocenters. The molecule has 0 saturated heterocycles. The first-order valence-electron chi connectivity index (χ1n) is 12.9. The van der Waals surface area contributed by atoms with Crippen molar-refractivity contribution in [3.8, 4) is 0 Å². The largest absolute Gasteiger partial charge is 0.462 e. The second-order valence-electron chi connectivity index (χ2n) is 13.4. The van der Waals surface area contributed by atoms with Gasteiger partial charge in [-0.2, -0.15) is 0 Å². The molecule has 5 fully saturated rings. The Labute approximate surface area is 195 Å². The Morgan fingerprint density at radius 1 is 0.906 bits per heavy atom. The van der Waals surface area contributed by atoms with Gasteiger partial charge in [0.15, 0.2) is 11.0 Å². The molecule has 5 rings (SSSR count). The highest BCUT2D eigenvalue weighted by Gasteiger charge is 2.91. The van der Waals surface area contributed by atoms with Crippen molar-refractivity contribution in [3.05, 3.63) is 6.42 Å². The van der Waals surface area contributed by atoms with Gasteiger partial charge in [-0.25, -0.2) is 0 Å². The summed E-state index contributed by atoms with van der Waals surface area (Å²) in [6.07, 6.45) is 9.81. The van der Waals surface area contributed by atoms with Crippen LogP contribution in [0.5, 0.6) is 0 Å². The van der Waals surface area contributed by atoms with Crippen molar-refractivity contribution in [3.63, 3.8) is 0 Å². The van der Waals surface area contributed by atoms with Gasteiger partial charge in [0.1, 0.15) is 12.0 Å². The lowest BCUT2D eigenvalue weighted by Gasteiger charge is -2.38. The highest BCUT2D eigenvalue weighted by atomic mass is 16.6. The van der Waals surface area contributed by atoms with Crippen LogP contribution in [0, 0.1) is 51.8 Å². The first-order valence-corrected chi connectivity index (χ1v) is 12.9. The average Bonchev–Trinajstić information content (AvgIpc) is 3.23. The molecule has 4 heteroatoms. The van der Waals surface area contributed by atoms with E-state index in [-0.39, 0.29) is 51.7 Å². The molecule has 0 aliphatic heterocycles. The molecule has 4 bridgehead atoms. The van der Waals surface area contributed by atoms with Crippen molar-refractivity contribution in [2.45, 2.75) is 113 Å². The van der Waals surface area contributed by atoms with Crippen LogP contribution in [-0.2, 0) is 19.1 Å². The number of esters is 2. The van der Waals surface area contributed by atoms with E-state index in [0.29, 0.717) is 5.41 Å². The lowest BCUT2D eigenvalue weighted by molar-refractivity contribution is -0.176. The zero-order chi connectivity index (χ0) is 23.9. The molecule has 1 spiro atoms. The summed E-state index contributed by atoms with van der Waals surface area (Å²) in [5, 5.41) is 0. The van der Waals surface area contributed by atoms with Crippen LogP contribution in [0.15, 0.2) is 0 Å². The molecule has 0 radical (unpaired) electrons. The molecule has 5 saturated carbocycles. The van der Waals surface area contributed by atoms with Crippen LogP contribution < -0.4 is 0 Å². The van der Waals surface area contributed by atoms with Crippen molar-refractivity contribution in [2.24, 2.45) is 45.3 Å². The third-order valence-electron chi connectivity index (χ3n) is 11.1. The van der Waals surface area contributed by atoms with Gasteiger partial charge in [-0.3, -0.25) is 9.59 Å². The number of carbonyl (C=O) groups is 2. The molecular weight excluding hydrogens is 400 g/mol. The van der Waals surface area contributed by atoms with Gasteiger partial charge in [-0.05, 0) is 43.9 Å². The third-order valence-corrected chi connectivity index (χ3v) is 11.1. The fourth-order valence-electron chi connectivity index (χ4n) is 7.76. The lowest BCUT2D eigenvalue weighted by Crippen LogP contribution is -2.46. The maximum Gasteiger partial charge on any atom is 0.309 e. The summed E-state index contributed by atoms with van der Waals surface area (Å²) in [5.41, 5.74) is 0.756. The standard InChI is InChI=1S/C14H21O2.C14H24O2/c1-9(2)11(15)16-13(4)12(3)5-6-14(13)8-10(14)7-12;1-9(2)12(15)16-11-8-10-6-7-14(11,5)13(10,3)4/h8-10H,5-7H2,1-4H3;9-11H,6-8H2,1-5H3/q+1;/t10-,12?,13?,14-;/m0./s1. The zero-order valence-corrected chi connectivity index (χ0v) is 21.8. The molecule has 4 nitrogen and oxygen atoms in total. The Morgan fingerprint density at radius 2 is 1.53 bits per heavy atom. The maximum atomic E-state index is 11.9. The van der Waals surface area contributed by atoms with Crippen LogP contribution in [-0.4, -0.2) is 23.6 Å². The summed E-state index contributed by atoms with van der Waals surface area (Å²) in [6, 6.07) is 0. The van der Waals surface area contributed by atoms with E-state index >= 15 is 0 Å². The fraction of sp³-hybridized carbons (Fsp3) is 0.893. The first kappa shape index (κ1) is 24.0. The first-order chi connectivity index (χ1) is 14.6. The molecule has 0 aromatic carbocycles. The van der Waals surface area contributed by atoms with Crippen LogP contribution >= 0.6 is 0 Å². The number of rotatable bonds is 4. The second-order valence-corrected chi connectivity index (χ2v) is 13.4. The minimum absolute atomic E-state index is 0.00848. The maximum absolute atomic E-state index is 11.9. The lowest BCUT2D eigenvalue weighted by atomic mass is 9.70. The van der Waals surface area contributed by atoms with Gasteiger partial charge in [0, 0.05) is 23.7 Å². The van der Waals surface area contributed by atoms with Gasteiger partial charge in [0.25, 0.3) is 0 Å². The van der Waals surface area contributed by atoms with E-state index in [2.05, 4.69) is 41.0 Å². The molecule has 32 heavy (non-hydrogen) atoms. The molecule has 180 valence electrons. The van der Waals surface area contributed by atoms with Gasteiger partial charge in [0.2, 0.25) is 0 Å². The van der Waals surface area contributed by atoms with E-state index in [1.54, 1.807) is 0 Å². The average molecular weight is 446 g/mol. The van der Waals surface area contributed by atoms with Crippen molar-refractivity contribution in [1.82, 2.24) is 0 Å². The quantitative estimate of drug-likeness (QED) is 0.373. The summed E-state index contributed by atoms with van der Waals surface area (Å²) in [4.78, 5) is 23.6. The van der Waals surface area contributed by atoms with Gasteiger partial charge in [0.05, 0.1) is 18.3 Å². The van der Waals surface area contributed by atoms with E-state index in [1.807, 2.05) is 27.7 Å². The molecular formula is C28H45O4+. The molecule has 0 amide bonds. The number of fused-ring (bicyclic) bond motifs is 3. The Morgan fingerprint density at radius 3 is 1.94 bits per heavy atom. The molecule has 0 N–H and O–H groups in total. The number of hydrogen-bond acceptors (Lipinski definition) is 4. The summed E-state index contributed by atoms with van der Waals surface area (Å²) >= 11 is 0. The predicted octanol–water partition coefficient (Wildman–Crippen LogP) is 6.37. The van der Waals surface area contributed by atoms with Gasteiger partial charge in [-0.15, -0.1) is 0 Å². The van der Waals surface area contributed by atoms with Gasteiger partial charge < -0.3 is 9.47 Å². The smallest absolute Gasteiger partial charge is 0.309 e. The van der Waals surface area contributed by atoms with Crippen molar-refractivity contribution in [1.29, 1.82) is 0 Å². The highest BCUT2D eigenvalue weighted by molar-refractivity contribution is 5.73. The Balaban J connectivity index is 0.000000153. The van der Waals surface area contributed by atoms with Crippen LogP contribution in [0.2, 0.25) is 0 Å². The topological polar surface area (TPSA) is 52.6 Å². The SMILES string of the molecule is CC(C)C(=O)OC1(C)C2(C)CC[C@@]13[CH+][C@@H]3C2.CC(C)C(=O)OC1CC2CCC1(C)C2(C)C. The predicted molar refractivity (Wildman–Crippen MR) is 125 cm³/mol. The minimum Gasteiger partial charge on any atom is -0.462 e. The van der Waals surface area contributed by atoms with Crippen LogP contribution in [0.4, 0.5) is 0 Å². The molecule has 5 aliphatic rings. The zero-order valence-electron chi connectivity index (χ0n) is 21.8. The number of ether oxygens (including phenoxy) is 2. The molecule has 5 aliphatic carbocycles. The van der Waals surface area contributed by atoms with E-state index in [1.165, 1.54) is 32.1 Å². The van der Waals surface area contributed by atoms with Crippen LogP contribution in [0.25, 0.3) is 0 Å². The van der Waals surface area contributed by atoms with E-state index in [9.17, 15) is 9.59 Å². The van der Waals surface area contributed by atoms with Gasteiger partial charge >= 0.3 is 11.9 Å². The van der Waals surface area contributed by atoms with Crippen molar-refractivity contribution in [2.75, 3.05) is 0 Å².